The van der Waals surface area contributed by atoms with Crippen LogP contribution in [0, 0.1) is 0 Å². The van der Waals surface area contributed by atoms with Gasteiger partial charge in [0.15, 0.2) is 0 Å². The Morgan fingerprint density at radius 1 is 0.968 bits per heavy atom. The number of anilines is 1. The molecule has 4 rings (SSSR count). The summed E-state index contributed by atoms with van der Waals surface area (Å²) in [7, 11) is 1.96. The second kappa shape index (κ2) is 9.60. The van der Waals surface area contributed by atoms with Gasteiger partial charge in [0.05, 0.1) is 12.3 Å². The van der Waals surface area contributed by atoms with Crippen LogP contribution in [0.4, 0.5) is 5.69 Å². The molecule has 0 spiro atoms. The molecular weight excluding hydrogens is 408 g/mol. The van der Waals surface area contributed by atoms with E-state index in [9.17, 15) is 9.59 Å². The third kappa shape index (κ3) is 4.49. The number of carbonyl (C=O) groups excluding carboxylic acids is 2. The minimum Gasteiger partial charge on any atom is -0.494 e. The van der Waals surface area contributed by atoms with Crippen LogP contribution in [0.15, 0.2) is 70.1 Å². The van der Waals surface area contributed by atoms with Gasteiger partial charge in [-0.15, -0.1) is 0 Å². The van der Waals surface area contributed by atoms with Gasteiger partial charge in [0.25, 0.3) is 11.8 Å². The lowest BCUT2D eigenvalue weighted by Crippen LogP contribution is -2.38. The molecule has 0 atom stereocenters. The van der Waals surface area contributed by atoms with Crippen LogP contribution in [0.2, 0.25) is 0 Å². The Labute approximate surface area is 188 Å². The first-order chi connectivity index (χ1) is 15.1. The average molecular weight is 437 g/mol. The number of benzene rings is 2. The van der Waals surface area contributed by atoms with Crippen LogP contribution >= 0.6 is 11.8 Å². The Balaban J connectivity index is 1.68. The van der Waals surface area contributed by atoms with E-state index in [-0.39, 0.29) is 17.9 Å². The number of imide groups is 1. The van der Waals surface area contributed by atoms with Crippen LogP contribution < -0.4 is 9.64 Å². The molecule has 0 unspecified atom stereocenters. The molecule has 0 bridgehead atoms. The molecule has 1 heterocycles. The van der Waals surface area contributed by atoms with E-state index in [2.05, 4.69) is 4.90 Å². The van der Waals surface area contributed by atoms with Crippen LogP contribution in [0.25, 0.3) is 0 Å². The second-order valence-corrected chi connectivity index (χ2v) is 8.95. The molecule has 2 amide bonds. The molecule has 1 saturated carbocycles. The number of hydrogen-bond acceptors (Lipinski definition) is 5. The van der Waals surface area contributed by atoms with Crippen molar-refractivity contribution in [3.8, 4) is 5.75 Å². The van der Waals surface area contributed by atoms with Crippen LogP contribution in [-0.2, 0) is 9.59 Å². The molecule has 5 nitrogen and oxygen atoms in total. The fraction of sp³-hybridized carbons (Fsp3) is 0.360. The van der Waals surface area contributed by atoms with Gasteiger partial charge in [0.1, 0.15) is 16.4 Å². The fourth-order valence-corrected chi connectivity index (χ4v) is 5.29. The smallest absolute Gasteiger partial charge is 0.283 e. The van der Waals surface area contributed by atoms with E-state index < -0.39 is 0 Å². The number of rotatable bonds is 7. The predicted octanol–water partition coefficient (Wildman–Crippen LogP) is 5.23. The Hall–Kier alpha value is -2.73. The number of amides is 2. The van der Waals surface area contributed by atoms with Crippen molar-refractivity contribution in [2.75, 3.05) is 18.6 Å². The van der Waals surface area contributed by atoms with Gasteiger partial charge < -0.3 is 9.64 Å². The Bertz CT molecular complexity index is 966. The molecule has 2 aromatic carbocycles. The van der Waals surface area contributed by atoms with E-state index in [0.717, 1.165) is 36.3 Å². The first-order valence-electron chi connectivity index (χ1n) is 10.9. The first-order valence-corrected chi connectivity index (χ1v) is 11.7. The Kier molecular flexibility index (Phi) is 6.66. The topological polar surface area (TPSA) is 49.9 Å². The largest absolute Gasteiger partial charge is 0.494 e. The van der Waals surface area contributed by atoms with Crippen molar-refractivity contribution < 1.29 is 14.3 Å². The summed E-state index contributed by atoms with van der Waals surface area (Å²) in [6, 6.07) is 17.2. The standard InChI is InChI=1S/C25H28N2O3S/c1-3-30-20-16-14-19(15-17-20)27-24(28)22(26(2)18-10-6-4-7-11-18)23(25(27)29)31-21-12-8-5-9-13-21/h5,8-9,12-18H,3-4,6-7,10-11H2,1-2H3. The van der Waals surface area contributed by atoms with Crippen LogP contribution in [0.3, 0.4) is 0 Å². The summed E-state index contributed by atoms with van der Waals surface area (Å²) < 4.78 is 5.50. The van der Waals surface area contributed by atoms with Gasteiger partial charge in [0.2, 0.25) is 0 Å². The van der Waals surface area contributed by atoms with Crippen molar-refractivity contribution in [2.24, 2.45) is 0 Å². The summed E-state index contributed by atoms with van der Waals surface area (Å²) in [6.07, 6.45) is 5.66. The summed E-state index contributed by atoms with van der Waals surface area (Å²) in [5.74, 6) is 0.207. The number of carbonyl (C=O) groups is 2. The minimum atomic E-state index is -0.263. The predicted molar refractivity (Wildman–Crippen MR) is 124 cm³/mol. The molecule has 1 aliphatic carbocycles. The van der Waals surface area contributed by atoms with Crippen LogP contribution in [-0.4, -0.2) is 36.4 Å². The van der Waals surface area contributed by atoms with Crippen molar-refractivity contribution in [1.29, 1.82) is 0 Å². The molecule has 0 N–H and O–H groups in total. The van der Waals surface area contributed by atoms with Crippen molar-refractivity contribution >= 4 is 29.3 Å². The molecule has 1 fully saturated rings. The molecule has 162 valence electrons. The van der Waals surface area contributed by atoms with E-state index >= 15 is 0 Å². The van der Waals surface area contributed by atoms with Gasteiger partial charge in [-0.3, -0.25) is 9.59 Å². The lowest BCUT2D eigenvalue weighted by Gasteiger charge is -2.33. The van der Waals surface area contributed by atoms with Crippen LogP contribution in [0.1, 0.15) is 39.0 Å². The van der Waals surface area contributed by atoms with Gasteiger partial charge in [-0.25, -0.2) is 4.90 Å². The molecule has 2 aromatic rings. The van der Waals surface area contributed by atoms with E-state index in [1.165, 1.54) is 23.1 Å². The number of likely N-dealkylation sites (N-methyl/N-ethyl adjacent to an activating group) is 1. The van der Waals surface area contributed by atoms with E-state index in [0.29, 0.717) is 22.9 Å². The highest BCUT2D eigenvalue weighted by Gasteiger charge is 2.43. The summed E-state index contributed by atoms with van der Waals surface area (Å²) in [5.41, 5.74) is 1.08. The van der Waals surface area contributed by atoms with E-state index in [4.69, 9.17) is 4.74 Å². The zero-order valence-corrected chi connectivity index (χ0v) is 18.9. The van der Waals surface area contributed by atoms with Crippen molar-refractivity contribution in [2.45, 2.75) is 50.0 Å². The van der Waals surface area contributed by atoms with Gasteiger partial charge in [-0.05, 0) is 56.2 Å². The molecule has 0 aromatic heterocycles. The molecule has 0 radical (unpaired) electrons. The molecule has 2 aliphatic rings. The van der Waals surface area contributed by atoms with Crippen LogP contribution in [0.5, 0.6) is 5.75 Å². The lowest BCUT2D eigenvalue weighted by molar-refractivity contribution is -0.121. The first kappa shape index (κ1) is 21.5. The van der Waals surface area contributed by atoms with Gasteiger partial charge in [0, 0.05) is 18.0 Å². The van der Waals surface area contributed by atoms with Crippen molar-refractivity contribution in [3.63, 3.8) is 0 Å². The fourth-order valence-electron chi connectivity index (χ4n) is 4.25. The SMILES string of the molecule is CCOc1ccc(N2C(=O)C(Sc3ccccc3)=C(N(C)C3CCCCC3)C2=O)cc1. The zero-order chi connectivity index (χ0) is 21.8. The highest BCUT2D eigenvalue weighted by atomic mass is 32.2. The van der Waals surface area contributed by atoms with Crippen molar-refractivity contribution in [3.05, 3.63) is 65.2 Å². The summed E-state index contributed by atoms with van der Waals surface area (Å²) in [5, 5.41) is 0. The minimum absolute atomic E-state index is 0.249. The van der Waals surface area contributed by atoms with Gasteiger partial charge in [-0.1, -0.05) is 49.2 Å². The summed E-state index contributed by atoms with van der Waals surface area (Å²) in [4.78, 5) is 31.9. The van der Waals surface area contributed by atoms with E-state index in [1.54, 1.807) is 24.3 Å². The quantitative estimate of drug-likeness (QED) is 0.557. The zero-order valence-electron chi connectivity index (χ0n) is 18.0. The highest BCUT2D eigenvalue weighted by Crippen LogP contribution is 2.40. The van der Waals surface area contributed by atoms with Gasteiger partial charge >= 0.3 is 0 Å². The maximum Gasteiger partial charge on any atom is 0.283 e. The molecule has 0 saturated heterocycles. The van der Waals surface area contributed by atoms with Crippen molar-refractivity contribution in [1.82, 2.24) is 4.90 Å². The highest BCUT2D eigenvalue weighted by molar-refractivity contribution is 8.04. The molecule has 31 heavy (non-hydrogen) atoms. The van der Waals surface area contributed by atoms with E-state index in [1.807, 2.05) is 44.3 Å². The summed E-state index contributed by atoms with van der Waals surface area (Å²) in [6.45, 7) is 2.49. The average Bonchev–Trinajstić information content (AvgIpc) is 3.05. The van der Waals surface area contributed by atoms with Gasteiger partial charge in [-0.2, -0.15) is 0 Å². The third-order valence-corrected chi connectivity index (χ3v) is 6.94. The summed E-state index contributed by atoms with van der Waals surface area (Å²) >= 11 is 1.37. The second-order valence-electron chi connectivity index (χ2n) is 7.87. The molecular formula is C25H28N2O3S. The number of thioether (sulfide) groups is 1. The number of ether oxygens (including phenoxy) is 1. The molecule has 1 aliphatic heterocycles. The maximum absolute atomic E-state index is 13.6. The monoisotopic (exact) mass is 436 g/mol. The Morgan fingerprint density at radius 2 is 1.65 bits per heavy atom. The normalized spacial score (nSPS) is 17.4. The molecule has 6 heteroatoms. The number of hydrogen-bond donors (Lipinski definition) is 0. The third-order valence-electron chi connectivity index (χ3n) is 5.86. The number of nitrogens with zero attached hydrogens (tertiary/aromatic N) is 2. The lowest BCUT2D eigenvalue weighted by atomic mass is 9.94. The Morgan fingerprint density at radius 3 is 2.29 bits per heavy atom. The maximum atomic E-state index is 13.6.